The van der Waals surface area contributed by atoms with E-state index in [9.17, 15) is 4.79 Å². The molecule has 4 heterocycles. The third-order valence-electron chi connectivity index (χ3n) is 5.56. The van der Waals surface area contributed by atoms with Gasteiger partial charge >= 0.3 is 0 Å². The number of carbonyl (C=O) groups excluding carboxylic acids is 1. The summed E-state index contributed by atoms with van der Waals surface area (Å²) < 4.78 is 0. The standard InChI is InChI=1S/C22H24N8O/c31-21-18-5-2-10-30(18)13-15-3-1-4-17(11-15)28-22-27-14-26-20(29-22)16-6-7-23-19(12-16)24-8-9-25-21/h1,3-4,6-7,11-12,14,18H,2,5,8-10,13H2,(H,23,24)(H,25,31)(H,26,27,28,29)/t18-/m1/s1. The molecule has 1 amide bonds. The van der Waals surface area contributed by atoms with Crippen molar-refractivity contribution in [2.75, 3.05) is 30.3 Å². The summed E-state index contributed by atoms with van der Waals surface area (Å²) in [6.07, 6.45) is 5.13. The van der Waals surface area contributed by atoms with Gasteiger partial charge in [0.2, 0.25) is 11.9 Å². The maximum Gasteiger partial charge on any atom is 0.237 e. The molecule has 2 aliphatic heterocycles. The Labute approximate surface area is 180 Å². The summed E-state index contributed by atoms with van der Waals surface area (Å²) in [5, 5.41) is 9.59. The van der Waals surface area contributed by atoms with E-state index in [0.717, 1.165) is 42.7 Å². The zero-order chi connectivity index (χ0) is 21.0. The fourth-order valence-electron chi connectivity index (χ4n) is 4.08. The van der Waals surface area contributed by atoms with Crippen molar-refractivity contribution in [3.05, 3.63) is 54.5 Å². The first-order chi connectivity index (χ1) is 15.2. The van der Waals surface area contributed by atoms with Crippen molar-refractivity contribution in [1.29, 1.82) is 0 Å². The molecule has 158 valence electrons. The molecule has 0 unspecified atom stereocenters. The second-order valence-electron chi connectivity index (χ2n) is 7.73. The Morgan fingerprint density at radius 1 is 1.03 bits per heavy atom. The normalized spacial score (nSPS) is 19.2. The highest BCUT2D eigenvalue weighted by Gasteiger charge is 2.30. The maximum atomic E-state index is 12.8. The summed E-state index contributed by atoms with van der Waals surface area (Å²) in [5.41, 5.74) is 2.87. The van der Waals surface area contributed by atoms with Crippen LogP contribution in [0.3, 0.4) is 0 Å². The molecule has 0 aliphatic carbocycles. The van der Waals surface area contributed by atoms with Crippen molar-refractivity contribution >= 4 is 23.4 Å². The smallest absolute Gasteiger partial charge is 0.237 e. The molecule has 1 fully saturated rings. The first kappa shape index (κ1) is 19.4. The molecule has 31 heavy (non-hydrogen) atoms. The molecular weight excluding hydrogens is 392 g/mol. The van der Waals surface area contributed by atoms with Gasteiger partial charge in [-0.15, -0.1) is 0 Å². The molecule has 1 aromatic carbocycles. The van der Waals surface area contributed by atoms with Gasteiger partial charge in [-0.05, 0) is 49.2 Å². The lowest BCUT2D eigenvalue weighted by Gasteiger charge is -2.24. The van der Waals surface area contributed by atoms with Crippen LogP contribution in [0.15, 0.2) is 48.9 Å². The molecule has 1 atom stereocenters. The quantitative estimate of drug-likeness (QED) is 0.512. The number of amides is 1. The van der Waals surface area contributed by atoms with Gasteiger partial charge in [0.15, 0.2) is 5.82 Å². The Kier molecular flexibility index (Phi) is 5.40. The van der Waals surface area contributed by atoms with Crippen LogP contribution in [0.25, 0.3) is 11.4 Å². The van der Waals surface area contributed by atoms with Gasteiger partial charge in [-0.25, -0.2) is 15.0 Å². The maximum absolute atomic E-state index is 12.8. The van der Waals surface area contributed by atoms with E-state index in [1.54, 1.807) is 6.20 Å². The SMILES string of the molecule is O=C1NCCNc2cc(ccn2)-c2ncnc(n2)Nc2cccc(c2)CN2CCC[C@H]12. The molecule has 0 saturated carbocycles. The van der Waals surface area contributed by atoms with E-state index in [1.807, 2.05) is 24.3 Å². The highest BCUT2D eigenvalue weighted by molar-refractivity contribution is 5.82. The van der Waals surface area contributed by atoms with E-state index in [2.05, 4.69) is 52.9 Å². The summed E-state index contributed by atoms with van der Waals surface area (Å²) >= 11 is 0. The fraction of sp³-hybridized carbons (Fsp3) is 0.318. The predicted octanol–water partition coefficient (Wildman–Crippen LogP) is 2.18. The third-order valence-corrected chi connectivity index (χ3v) is 5.56. The minimum atomic E-state index is -0.0944. The van der Waals surface area contributed by atoms with Crippen LogP contribution in [0.4, 0.5) is 17.5 Å². The first-order valence-corrected chi connectivity index (χ1v) is 10.5. The Morgan fingerprint density at radius 2 is 1.97 bits per heavy atom. The van der Waals surface area contributed by atoms with E-state index in [1.165, 1.54) is 6.33 Å². The minimum absolute atomic E-state index is 0.0870. The Balaban J connectivity index is 1.48. The fourth-order valence-corrected chi connectivity index (χ4v) is 4.08. The van der Waals surface area contributed by atoms with Gasteiger partial charge in [-0.1, -0.05) is 12.1 Å². The minimum Gasteiger partial charge on any atom is -0.368 e. The third kappa shape index (κ3) is 4.46. The highest BCUT2D eigenvalue weighted by atomic mass is 16.2. The van der Waals surface area contributed by atoms with Crippen LogP contribution in [-0.4, -0.2) is 56.4 Å². The molecule has 2 aliphatic rings. The van der Waals surface area contributed by atoms with Crippen LogP contribution in [0.5, 0.6) is 0 Å². The lowest BCUT2D eigenvalue weighted by Crippen LogP contribution is -2.44. The van der Waals surface area contributed by atoms with Crippen molar-refractivity contribution < 1.29 is 4.79 Å². The number of nitrogens with zero attached hydrogens (tertiary/aromatic N) is 5. The zero-order valence-electron chi connectivity index (χ0n) is 17.1. The van der Waals surface area contributed by atoms with Crippen molar-refractivity contribution in [1.82, 2.24) is 30.2 Å². The van der Waals surface area contributed by atoms with Crippen LogP contribution >= 0.6 is 0 Å². The van der Waals surface area contributed by atoms with Crippen LogP contribution < -0.4 is 16.0 Å². The summed E-state index contributed by atoms with van der Waals surface area (Å²) in [5.74, 6) is 1.84. The van der Waals surface area contributed by atoms with E-state index < -0.39 is 0 Å². The van der Waals surface area contributed by atoms with Gasteiger partial charge < -0.3 is 16.0 Å². The highest BCUT2D eigenvalue weighted by Crippen LogP contribution is 2.23. The Bertz CT molecular complexity index is 1090. The second-order valence-corrected chi connectivity index (χ2v) is 7.73. The lowest BCUT2D eigenvalue weighted by molar-refractivity contribution is -0.125. The van der Waals surface area contributed by atoms with E-state index >= 15 is 0 Å². The predicted molar refractivity (Wildman–Crippen MR) is 118 cm³/mol. The summed E-state index contributed by atoms with van der Waals surface area (Å²) in [6.45, 7) is 2.76. The average Bonchev–Trinajstić information content (AvgIpc) is 3.25. The van der Waals surface area contributed by atoms with Gasteiger partial charge in [0.25, 0.3) is 0 Å². The number of fused-ring (bicyclic) bond motifs is 8. The molecule has 5 rings (SSSR count). The number of aromatic nitrogens is 4. The molecule has 9 nitrogen and oxygen atoms in total. The zero-order valence-corrected chi connectivity index (χ0v) is 17.1. The van der Waals surface area contributed by atoms with Crippen molar-refractivity contribution in [2.45, 2.75) is 25.4 Å². The van der Waals surface area contributed by atoms with Crippen LogP contribution in [-0.2, 0) is 11.3 Å². The molecule has 2 aromatic heterocycles. The van der Waals surface area contributed by atoms with Crippen molar-refractivity contribution in [2.24, 2.45) is 0 Å². The van der Waals surface area contributed by atoms with Crippen LogP contribution in [0.1, 0.15) is 18.4 Å². The molecule has 0 radical (unpaired) electrons. The van der Waals surface area contributed by atoms with Crippen molar-refractivity contribution in [3.63, 3.8) is 0 Å². The number of carbonyl (C=O) groups is 1. The number of hydrogen-bond donors (Lipinski definition) is 3. The van der Waals surface area contributed by atoms with Gasteiger partial charge in [-0.3, -0.25) is 9.69 Å². The number of rotatable bonds is 0. The molecule has 9 heteroatoms. The number of nitrogens with one attached hydrogen (secondary N) is 3. The number of anilines is 3. The summed E-state index contributed by atoms with van der Waals surface area (Å²) in [7, 11) is 0. The summed E-state index contributed by atoms with van der Waals surface area (Å²) in [4.78, 5) is 32.5. The van der Waals surface area contributed by atoms with Gasteiger partial charge in [0.1, 0.15) is 12.1 Å². The number of pyridine rings is 1. The van der Waals surface area contributed by atoms with Crippen LogP contribution in [0, 0.1) is 0 Å². The van der Waals surface area contributed by atoms with Gasteiger partial charge in [0.05, 0.1) is 6.04 Å². The molecular formula is C22H24N8O. The molecule has 0 spiro atoms. The topological polar surface area (TPSA) is 108 Å². The molecule has 3 N–H and O–H groups in total. The Morgan fingerprint density at radius 3 is 2.94 bits per heavy atom. The van der Waals surface area contributed by atoms with Gasteiger partial charge in [0, 0.05) is 37.1 Å². The Hall–Kier alpha value is -3.59. The molecule has 6 bridgehead atoms. The molecule has 1 saturated heterocycles. The van der Waals surface area contributed by atoms with E-state index in [-0.39, 0.29) is 11.9 Å². The van der Waals surface area contributed by atoms with Gasteiger partial charge in [-0.2, -0.15) is 4.98 Å². The summed E-state index contributed by atoms with van der Waals surface area (Å²) in [6, 6.07) is 11.8. The number of benzene rings is 1. The average molecular weight is 416 g/mol. The first-order valence-electron chi connectivity index (χ1n) is 10.5. The monoisotopic (exact) mass is 416 g/mol. The van der Waals surface area contributed by atoms with E-state index in [0.29, 0.717) is 30.7 Å². The lowest BCUT2D eigenvalue weighted by atomic mass is 10.1. The second kappa shape index (κ2) is 8.65. The number of hydrogen-bond acceptors (Lipinski definition) is 8. The molecule has 3 aromatic rings. The van der Waals surface area contributed by atoms with Crippen LogP contribution in [0.2, 0.25) is 0 Å². The van der Waals surface area contributed by atoms with Crippen molar-refractivity contribution in [3.8, 4) is 11.4 Å². The van der Waals surface area contributed by atoms with E-state index in [4.69, 9.17) is 0 Å². The largest absolute Gasteiger partial charge is 0.368 e.